The summed E-state index contributed by atoms with van der Waals surface area (Å²) in [6, 6.07) is 0. The van der Waals surface area contributed by atoms with Crippen molar-refractivity contribution in [2.45, 2.75) is 60.3 Å². The van der Waals surface area contributed by atoms with Crippen LogP contribution in [-0.2, 0) is 19.1 Å². The summed E-state index contributed by atoms with van der Waals surface area (Å²) in [6.07, 6.45) is 2.54. The Balaban J connectivity index is -0.000000277. The topological polar surface area (TPSA) is 60.4 Å². The molecule has 0 radical (unpaired) electrons. The van der Waals surface area contributed by atoms with Crippen LogP contribution < -0.4 is 0 Å². The third-order valence-corrected chi connectivity index (χ3v) is 1.81. The van der Waals surface area contributed by atoms with Crippen LogP contribution in [0.4, 0.5) is 0 Å². The Bertz CT molecular complexity index is 223. The second kappa shape index (κ2) is 16.1. The zero-order chi connectivity index (χ0) is 13.7. The summed E-state index contributed by atoms with van der Waals surface area (Å²) < 4.78 is 4.60. The van der Waals surface area contributed by atoms with E-state index in [1.54, 1.807) is 6.92 Å². The maximum absolute atomic E-state index is 10.8. The largest absolute Gasteiger partial charge is 0.466 e. The number of carbonyl (C=O) groups is 3. The van der Waals surface area contributed by atoms with E-state index < -0.39 is 5.97 Å². The van der Waals surface area contributed by atoms with E-state index in [9.17, 15) is 14.4 Å². The molecule has 0 unspecified atom stereocenters. The molecule has 0 bridgehead atoms. The Morgan fingerprint density at radius 3 is 1.78 bits per heavy atom. The van der Waals surface area contributed by atoms with Crippen LogP contribution in [0.1, 0.15) is 60.3 Å². The molecule has 0 aromatic rings. The van der Waals surface area contributed by atoms with Crippen molar-refractivity contribution in [1.29, 1.82) is 0 Å². The summed E-state index contributed by atoms with van der Waals surface area (Å²) in [4.78, 5) is 31.3. The van der Waals surface area contributed by atoms with Crippen LogP contribution in [0.3, 0.4) is 0 Å². The van der Waals surface area contributed by atoms with E-state index in [1.165, 1.54) is 0 Å². The van der Waals surface area contributed by atoms with Crippen molar-refractivity contribution in [2.24, 2.45) is 0 Å². The maximum atomic E-state index is 10.8. The minimum Gasteiger partial charge on any atom is -0.466 e. The van der Waals surface area contributed by atoms with Crippen LogP contribution in [0.15, 0.2) is 0 Å². The minimum absolute atomic E-state index is 0. The average molecular weight is 281 g/mol. The van der Waals surface area contributed by atoms with Crippen LogP contribution in [0, 0.1) is 0 Å². The first-order valence-electron chi connectivity index (χ1n) is 5.83. The highest BCUT2D eigenvalue weighted by Gasteiger charge is 2.07. The highest BCUT2D eigenvalue weighted by molar-refractivity contribution is 6.63. The van der Waals surface area contributed by atoms with Gasteiger partial charge in [0.1, 0.15) is 12.2 Å². The second-order valence-electron chi connectivity index (χ2n) is 3.38. The first-order valence-corrected chi connectivity index (χ1v) is 6.21. The van der Waals surface area contributed by atoms with Gasteiger partial charge in [-0.3, -0.25) is 14.4 Å². The molecule has 0 saturated heterocycles. The predicted octanol–water partition coefficient (Wildman–Crippen LogP) is 3.50. The van der Waals surface area contributed by atoms with Gasteiger partial charge in [-0.05, 0) is 31.4 Å². The Kier molecular flexibility index (Phi) is 19.9. The van der Waals surface area contributed by atoms with E-state index >= 15 is 0 Å². The molecule has 0 aliphatic rings. The lowest BCUT2D eigenvalue weighted by molar-refractivity contribution is -0.145. The fraction of sp³-hybridized carbons (Fsp3) is 0.769. The van der Waals surface area contributed by atoms with Gasteiger partial charge in [0.15, 0.2) is 0 Å². The molecule has 0 aromatic carbocycles. The first kappa shape index (κ1) is 22.3. The van der Waals surface area contributed by atoms with Crippen molar-refractivity contribution in [1.82, 2.24) is 0 Å². The molecule has 0 atom stereocenters. The molecule has 0 heterocycles. The quantitative estimate of drug-likeness (QED) is 0.407. The molecule has 0 aromatic heterocycles. The normalized spacial score (nSPS) is 8.44. The molecule has 108 valence electrons. The Hall–Kier alpha value is -0.900. The van der Waals surface area contributed by atoms with Crippen molar-refractivity contribution in [2.75, 3.05) is 6.61 Å². The highest BCUT2D eigenvalue weighted by atomic mass is 35.5. The van der Waals surface area contributed by atoms with E-state index in [1.807, 2.05) is 13.8 Å². The van der Waals surface area contributed by atoms with Crippen LogP contribution >= 0.6 is 11.6 Å². The minimum atomic E-state index is -0.411. The smallest absolute Gasteiger partial charge is 0.313 e. The number of esters is 1. The molecule has 4 nitrogen and oxygen atoms in total. The van der Waals surface area contributed by atoms with Crippen molar-refractivity contribution in [3.8, 4) is 0 Å². The van der Waals surface area contributed by atoms with Crippen LogP contribution in [0.5, 0.6) is 0 Å². The number of rotatable bonds is 7. The van der Waals surface area contributed by atoms with Gasteiger partial charge in [-0.15, -0.1) is 0 Å². The molecular weight excluding hydrogens is 256 g/mol. The second-order valence-corrected chi connectivity index (χ2v) is 3.80. The number of Topliss-reactive ketones (excluding diaryl/α,β-unsaturated/α-hetero) is 1. The molecule has 0 aliphatic heterocycles. The lowest BCUT2D eigenvalue weighted by Crippen LogP contribution is -2.10. The molecule has 0 rings (SSSR count). The summed E-state index contributed by atoms with van der Waals surface area (Å²) >= 11 is 4.94. The maximum Gasteiger partial charge on any atom is 0.313 e. The zero-order valence-electron chi connectivity index (χ0n) is 10.8. The molecular formula is C13H25ClO4. The van der Waals surface area contributed by atoms with Crippen molar-refractivity contribution in [3.05, 3.63) is 0 Å². The Morgan fingerprint density at radius 2 is 1.50 bits per heavy atom. The number of hydrogen-bond acceptors (Lipinski definition) is 4. The Morgan fingerprint density at radius 1 is 1.00 bits per heavy atom. The van der Waals surface area contributed by atoms with Crippen molar-refractivity contribution < 1.29 is 19.1 Å². The van der Waals surface area contributed by atoms with Crippen molar-refractivity contribution >= 4 is 28.6 Å². The lowest BCUT2D eigenvalue weighted by Gasteiger charge is -1.98. The molecule has 18 heavy (non-hydrogen) atoms. The van der Waals surface area contributed by atoms with Crippen LogP contribution in [-0.4, -0.2) is 23.6 Å². The molecule has 0 fully saturated rings. The van der Waals surface area contributed by atoms with Gasteiger partial charge in [-0.1, -0.05) is 21.3 Å². The summed E-state index contributed by atoms with van der Waals surface area (Å²) in [7, 11) is 0. The molecule has 0 amide bonds. The van der Waals surface area contributed by atoms with Crippen LogP contribution in [0.2, 0.25) is 0 Å². The molecule has 0 N–H and O–H groups in total. The van der Waals surface area contributed by atoms with Gasteiger partial charge in [0.2, 0.25) is 5.24 Å². The Labute approximate surface area is 115 Å². The summed E-state index contributed by atoms with van der Waals surface area (Å²) in [5, 5.41) is -0.238. The number of carbonyl (C=O) groups excluding carboxylic acids is 3. The van der Waals surface area contributed by atoms with E-state index in [0.717, 1.165) is 12.8 Å². The van der Waals surface area contributed by atoms with Gasteiger partial charge in [-0.2, -0.15) is 0 Å². The molecule has 5 heteroatoms. The van der Waals surface area contributed by atoms with E-state index in [4.69, 9.17) is 11.6 Å². The van der Waals surface area contributed by atoms with Gasteiger partial charge < -0.3 is 4.74 Å². The number of ether oxygens (including phenoxy) is 1. The number of halogens is 1. The van der Waals surface area contributed by atoms with Gasteiger partial charge in [-0.25, -0.2) is 0 Å². The average Bonchev–Trinajstić information content (AvgIpc) is 2.18. The number of ketones is 1. The lowest BCUT2D eigenvalue weighted by atomic mass is 10.2. The van der Waals surface area contributed by atoms with Crippen molar-refractivity contribution in [3.63, 3.8) is 0 Å². The van der Waals surface area contributed by atoms with Gasteiger partial charge in [0, 0.05) is 12.8 Å². The zero-order valence-corrected chi connectivity index (χ0v) is 11.5. The fourth-order valence-electron chi connectivity index (χ4n) is 0.937. The SMILES string of the molecule is C.CCCC(=O)CC(=O)OCC.CCCC(=O)Cl. The summed E-state index contributed by atoms with van der Waals surface area (Å²) in [5.41, 5.74) is 0. The molecule has 0 saturated carbocycles. The standard InChI is InChI=1S/C8H14O3.C4H7ClO.CH4/c1-3-5-7(9)6-8(10)11-4-2;1-2-3-4(5)6;/h3-6H2,1-2H3;2-3H2,1H3;1H4. The monoisotopic (exact) mass is 280 g/mol. The third-order valence-electron chi connectivity index (χ3n) is 1.62. The van der Waals surface area contributed by atoms with Gasteiger partial charge in [0.25, 0.3) is 0 Å². The predicted molar refractivity (Wildman–Crippen MR) is 73.7 cm³/mol. The first-order chi connectivity index (χ1) is 7.97. The molecule has 0 aliphatic carbocycles. The van der Waals surface area contributed by atoms with Crippen LogP contribution in [0.25, 0.3) is 0 Å². The number of hydrogen-bond donors (Lipinski definition) is 0. The molecule has 0 spiro atoms. The fourth-order valence-corrected chi connectivity index (χ4v) is 1.13. The van der Waals surface area contributed by atoms with Gasteiger partial charge >= 0.3 is 5.97 Å². The third kappa shape index (κ3) is 20.5. The summed E-state index contributed by atoms with van der Waals surface area (Å²) in [5.74, 6) is -0.447. The highest BCUT2D eigenvalue weighted by Crippen LogP contribution is 1.95. The van der Waals surface area contributed by atoms with E-state index in [0.29, 0.717) is 19.4 Å². The van der Waals surface area contributed by atoms with E-state index in [-0.39, 0.29) is 24.9 Å². The van der Waals surface area contributed by atoms with E-state index in [2.05, 4.69) is 4.74 Å². The van der Waals surface area contributed by atoms with Gasteiger partial charge in [0.05, 0.1) is 6.61 Å². The summed E-state index contributed by atoms with van der Waals surface area (Å²) in [6.45, 7) is 5.89.